The molecule has 0 aliphatic carbocycles. The van der Waals surface area contributed by atoms with Gasteiger partial charge in [-0.05, 0) is 30.5 Å². The maximum Gasteiger partial charge on any atom is 0.279 e. The zero-order valence-corrected chi connectivity index (χ0v) is 16.8. The van der Waals surface area contributed by atoms with Crippen LogP contribution in [-0.2, 0) is 9.59 Å². The van der Waals surface area contributed by atoms with Crippen LogP contribution < -0.4 is 15.5 Å². The van der Waals surface area contributed by atoms with Crippen molar-refractivity contribution in [3.8, 4) is 0 Å². The van der Waals surface area contributed by atoms with Gasteiger partial charge in [-0.2, -0.15) is 0 Å². The van der Waals surface area contributed by atoms with Gasteiger partial charge in [0.25, 0.3) is 11.8 Å². The zero-order valence-electron chi connectivity index (χ0n) is 14.4. The second-order valence-corrected chi connectivity index (χ2v) is 7.37. The number of hydrogen-bond donors (Lipinski definition) is 3. The van der Waals surface area contributed by atoms with E-state index in [0.717, 1.165) is 15.5 Å². The van der Waals surface area contributed by atoms with Gasteiger partial charge >= 0.3 is 0 Å². The molecule has 26 heavy (non-hydrogen) atoms. The van der Waals surface area contributed by atoms with E-state index in [0.29, 0.717) is 15.7 Å². The zero-order chi connectivity index (χ0) is 19.1. The summed E-state index contributed by atoms with van der Waals surface area (Å²) >= 11 is 13.6. The summed E-state index contributed by atoms with van der Waals surface area (Å²) in [4.78, 5) is 26.1. The third-order valence-electron chi connectivity index (χ3n) is 3.53. The lowest BCUT2D eigenvalue weighted by Gasteiger charge is -2.15. The van der Waals surface area contributed by atoms with Crippen LogP contribution in [0.15, 0.2) is 47.4 Å². The predicted molar refractivity (Wildman–Crippen MR) is 109 cm³/mol. The van der Waals surface area contributed by atoms with Gasteiger partial charge < -0.3 is 15.5 Å². The van der Waals surface area contributed by atoms with Crippen LogP contribution in [0.4, 0.5) is 11.4 Å². The maximum atomic E-state index is 12.2. The average molecular weight is 413 g/mol. The SMILES string of the molecule is CSc1ccccc1NC(=O)C[NH+](C)CC(=O)Nc1c(Cl)cccc1Cl. The van der Waals surface area contributed by atoms with Crippen LogP contribution in [0.3, 0.4) is 0 Å². The fraction of sp³-hybridized carbons (Fsp3) is 0.222. The number of amides is 2. The summed E-state index contributed by atoms with van der Waals surface area (Å²) < 4.78 is 0. The molecule has 0 saturated heterocycles. The van der Waals surface area contributed by atoms with E-state index in [-0.39, 0.29) is 24.9 Å². The lowest BCUT2D eigenvalue weighted by atomic mass is 10.3. The van der Waals surface area contributed by atoms with Gasteiger partial charge in [0.15, 0.2) is 13.1 Å². The van der Waals surface area contributed by atoms with Crippen molar-refractivity contribution in [3.63, 3.8) is 0 Å². The average Bonchev–Trinajstić information content (AvgIpc) is 2.58. The molecular weight excluding hydrogens is 393 g/mol. The van der Waals surface area contributed by atoms with Crippen LogP contribution in [0.25, 0.3) is 0 Å². The smallest absolute Gasteiger partial charge is 0.279 e. The third-order valence-corrected chi connectivity index (χ3v) is 4.96. The number of thioether (sulfide) groups is 1. The first-order chi connectivity index (χ1) is 12.4. The van der Waals surface area contributed by atoms with Gasteiger partial charge in [0, 0.05) is 4.90 Å². The quantitative estimate of drug-likeness (QED) is 0.612. The van der Waals surface area contributed by atoms with E-state index >= 15 is 0 Å². The van der Waals surface area contributed by atoms with Crippen LogP contribution in [-0.4, -0.2) is 38.2 Å². The lowest BCUT2D eigenvalue weighted by molar-refractivity contribution is -0.862. The molecule has 0 heterocycles. The second kappa shape index (κ2) is 9.83. The molecule has 0 fully saturated rings. The first kappa shape index (κ1) is 20.6. The highest BCUT2D eigenvalue weighted by Gasteiger charge is 2.17. The van der Waals surface area contributed by atoms with Gasteiger partial charge in [-0.15, -0.1) is 11.8 Å². The molecule has 0 spiro atoms. The van der Waals surface area contributed by atoms with Gasteiger partial charge in [0.05, 0.1) is 28.5 Å². The van der Waals surface area contributed by atoms with E-state index in [1.807, 2.05) is 30.5 Å². The van der Waals surface area contributed by atoms with Crippen LogP contribution in [0.5, 0.6) is 0 Å². The highest BCUT2D eigenvalue weighted by Crippen LogP contribution is 2.29. The largest absolute Gasteiger partial charge is 0.322 e. The number of halogens is 2. The first-order valence-corrected chi connectivity index (χ1v) is 9.86. The number of quaternary nitrogens is 1. The Balaban J connectivity index is 1.88. The van der Waals surface area contributed by atoms with E-state index in [4.69, 9.17) is 23.2 Å². The molecule has 5 nitrogen and oxygen atoms in total. The number of rotatable bonds is 7. The molecular formula is C18H20Cl2N3O2S+. The standard InChI is InChI=1S/C18H19Cl2N3O2S/c1-23(10-16(24)21-14-8-3-4-9-15(14)26-2)11-17(25)22-18-12(19)6-5-7-13(18)20/h3-9H,10-11H2,1-2H3,(H,21,24)(H,22,25)/p+1. The van der Waals surface area contributed by atoms with E-state index in [1.54, 1.807) is 37.0 Å². The molecule has 2 aromatic rings. The van der Waals surface area contributed by atoms with Crippen molar-refractivity contribution >= 4 is 58.2 Å². The molecule has 0 saturated carbocycles. The van der Waals surface area contributed by atoms with Gasteiger partial charge in [-0.25, -0.2) is 0 Å². The summed E-state index contributed by atoms with van der Waals surface area (Å²) in [6.07, 6.45) is 1.95. The highest BCUT2D eigenvalue weighted by atomic mass is 35.5. The van der Waals surface area contributed by atoms with Crippen molar-refractivity contribution in [2.45, 2.75) is 4.90 Å². The molecule has 1 atom stereocenters. The fourth-order valence-electron chi connectivity index (χ4n) is 2.35. The van der Waals surface area contributed by atoms with Crippen molar-refractivity contribution in [1.29, 1.82) is 0 Å². The first-order valence-electron chi connectivity index (χ1n) is 7.88. The van der Waals surface area contributed by atoms with Crippen LogP contribution in [0.2, 0.25) is 10.0 Å². The Labute approximate surface area is 167 Å². The molecule has 2 rings (SSSR count). The Hall–Kier alpha value is -1.73. The molecule has 0 aliphatic heterocycles. The van der Waals surface area contributed by atoms with E-state index in [1.165, 1.54) is 0 Å². The van der Waals surface area contributed by atoms with Gasteiger partial charge in [-0.3, -0.25) is 9.59 Å². The minimum absolute atomic E-state index is 0.110. The fourth-order valence-corrected chi connectivity index (χ4v) is 3.40. The molecule has 0 radical (unpaired) electrons. The van der Waals surface area contributed by atoms with Crippen molar-refractivity contribution in [3.05, 3.63) is 52.5 Å². The second-order valence-electron chi connectivity index (χ2n) is 5.70. The number of carbonyl (C=O) groups is 2. The number of hydrogen-bond acceptors (Lipinski definition) is 3. The number of para-hydroxylation sites is 2. The Kier molecular flexibility index (Phi) is 7.78. The van der Waals surface area contributed by atoms with Crippen molar-refractivity contribution < 1.29 is 14.5 Å². The molecule has 2 amide bonds. The molecule has 0 bridgehead atoms. The number of benzene rings is 2. The molecule has 0 aromatic heterocycles. The topological polar surface area (TPSA) is 62.6 Å². The molecule has 8 heteroatoms. The van der Waals surface area contributed by atoms with E-state index in [2.05, 4.69) is 10.6 Å². The number of anilines is 2. The summed E-state index contributed by atoms with van der Waals surface area (Å²) in [6.45, 7) is 0.269. The minimum Gasteiger partial charge on any atom is -0.322 e. The van der Waals surface area contributed by atoms with Crippen molar-refractivity contribution in [1.82, 2.24) is 0 Å². The molecule has 2 aromatic carbocycles. The Morgan fingerprint density at radius 1 is 0.962 bits per heavy atom. The molecule has 0 aliphatic rings. The molecule has 138 valence electrons. The van der Waals surface area contributed by atoms with Crippen LogP contribution in [0, 0.1) is 0 Å². The maximum absolute atomic E-state index is 12.2. The lowest BCUT2D eigenvalue weighted by Crippen LogP contribution is -3.11. The molecule has 3 N–H and O–H groups in total. The predicted octanol–water partition coefficient (Wildman–Crippen LogP) is 2.81. The highest BCUT2D eigenvalue weighted by molar-refractivity contribution is 7.98. The van der Waals surface area contributed by atoms with Gasteiger partial charge in [0.1, 0.15) is 0 Å². The van der Waals surface area contributed by atoms with Crippen molar-refractivity contribution in [2.75, 3.05) is 37.0 Å². The summed E-state index contributed by atoms with van der Waals surface area (Å²) in [6, 6.07) is 12.6. The Bertz CT molecular complexity index is 782. The van der Waals surface area contributed by atoms with Gasteiger partial charge in [0.2, 0.25) is 0 Å². The van der Waals surface area contributed by atoms with Gasteiger partial charge in [-0.1, -0.05) is 41.4 Å². The number of likely N-dealkylation sites (N-methyl/N-ethyl adjacent to an activating group) is 1. The van der Waals surface area contributed by atoms with Crippen molar-refractivity contribution in [2.24, 2.45) is 0 Å². The van der Waals surface area contributed by atoms with Crippen LogP contribution in [0.1, 0.15) is 0 Å². The number of carbonyl (C=O) groups excluding carboxylic acids is 2. The van der Waals surface area contributed by atoms with E-state index in [9.17, 15) is 9.59 Å². The summed E-state index contributed by atoms with van der Waals surface area (Å²) in [5.41, 5.74) is 1.15. The Morgan fingerprint density at radius 2 is 1.54 bits per heavy atom. The summed E-state index contributed by atoms with van der Waals surface area (Å²) in [7, 11) is 1.77. The van der Waals surface area contributed by atoms with Crippen LogP contribution >= 0.6 is 35.0 Å². The Morgan fingerprint density at radius 3 is 2.15 bits per heavy atom. The number of nitrogens with one attached hydrogen (secondary N) is 3. The van der Waals surface area contributed by atoms with E-state index < -0.39 is 0 Å². The normalized spacial score (nSPS) is 11.7. The summed E-state index contributed by atoms with van der Waals surface area (Å²) in [5, 5.41) is 6.31. The molecule has 1 unspecified atom stereocenters. The minimum atomic E-state index is -0.269. The third kappa shape index (κ3) is 5.92. The monoisotopic (exact) mass is 412 g/mol. The summed E-state index contributed by atoms with van der Waals surface area (Å²) in [5.74, 6) is -0.428.